The Hall–Kier alpha value is -1.75. The van der Waals surface area contributed by atoms with Gasteiger partial charge in [-0.25, -0.2) is 0 Å². The number of rotatable bonds is 2. The fourth-order valence-corrected chi connectivity index (χ4v) is 2.25. The molecule has 1 aliphatic rings. The molecule has 1 aliphatic heterocycles. The minimum Gasteiger partial charge on any atom is -0.315 e. The summed E-state index contributed by atoms with van der Waals surface area (Å²) < 4.78 is 0. The first kappa shape index (κ1) is 12.7. The molecule has 1 fully saturated rings. The Morgan fingerprint density at radius 3 is 2.89 bits per heavy atom. The molecule has 5 heteroatoms. The van der Waals surface area contributed by atoms with Gasteiger partial charge in [-0.15, -0.1) is 0 Å². The number of hydrogen-bond acceptors (Lipinski definition) is 4. The van der Waals surface area contributed by atoms with E-state index < -0.39 is 0 Å². The molecule has 1 atom stereocenters. The van der Waals surface area contributed by atoms with Crippen LogP contribution in [0.15, 0.2) is 24.5 Å². The molecule has 0 saturated carbocycles. The van der Waals surface area contributed by atoms with Crippen molar-refractivity contribution in [3.8, 4) is 0 Å². The number of imide groups is 1. The summed E-state index contributed by atoms with van der Waals surface area (Å²) in [5.74, 6) is -0.471. The number of nitrogens with one attached hydrogen (secondary N) is 1. The van der Waals surface area contributed by atoms with E-state index in [1.165, 1.54) is 18.0 Å². The standard InChI is InChI=1S/C13H17N3O2/c1-10(17)16(12-5-3-7-15-9-12)13(18)11-4-2-6-14-8-11/h2,4,6,8,12,15H,3,5,7,9H2,1H3. The molecule has 1 aromatic rings. The highest BCUT2D eigenvalue weighted by Crippen LogP contribution is 2.14. The van der Waals surface area contributed by atoms with Crippen molar-refractivity contribution in [2.75, 3.05) is 13.1 Å². The van der Waals surface area contributed by atoms with Gasteiger partial charge in [0.2, 0.25) is 5.91 Å². The number of carbonyl (C=O) groups is 2. The summed E-state index contributed by atoms with van der Waals surface area (Å²) in [7, 11) is 0. The zero-order chi connectivity index (χ0) is 13.0. The summed E-state index contributed by atoms with van der Waals surface area (Å²) in [6.07, 6.45) is 4.94. The van der Waals surface area contributed by atoms with Crippen molar-refractivity contribution in [1.29, 1.82) is 0 Å². The minimum absolute atomic E-state index is 0.0519. The van der Waals surface area contributed by atoms with E-state index in [2.05, 4.69) is 10.3 Å². The number of aromatic nitrogens is 1. The van der Waals surface area contributed by atoms with Crippen LogP contribution in [0.2, 0.25) is 0 Å². The Bertz CT molecular complexity index is 427. The highest BCUT2D eigenvalue weighted by Gasteiger charge is 2.29. The quantitative estimate of drug-likeness (QED) is 0.840. The molecule has 18 heavy (non-hydrogen) atoms. The van der Waals surface area contributed by atoms with Gasteiger partial charge >= 0.3 is 0 Å². The minimum atomic E-state index is -0.260. The largest absolute Gasteiger partial charge is 0.315 e. The summed E-state index contributed by atoms with van der Waals surface area (Å²) in [6, 6.07) is 3.33. The van der Waals surface area contributed by atoms with Gasteiger partial charge in [-0.2, -0.15) is 0 Å². The lowest BCUT2D eigenvalue weighted by Crippen LogP contribution is -2.50. The maximum atomic E-state index is 12.3. The molecule has 1 saturated heterocycles. The molecule has 96 valence electrons. The van der Waals surface area contributed by atoms with Gasteiger partial charge in [-0.05, 0) is 31.5 Å². The molecule has 1 N–H and O–H groups in total. The molecule has 2 heterocycles. The van der Waals surface area contributed by atoms with Crippen molar-refractivity contribution >= 4 is 11.8 Å². The van der Waals surface area contributed by atoms with E-state index in [1.807, 2.05) is 0 Å². The Kier molecular flexibility index (Phi) is 4.04. The van der Waals surface area contributed by atoms with Crippen LogP contribution in [0.5, 0.6) is 0 Å². The topological polar surface area (TPSA) is 62.3 Å². The van der Waals surface area contributed by atoms with Crippen molar-refractivity contribution in [1.82, 2.24) is 15.2 Å². The monoisotopic (exact) mass is 247 g/mol. The van der Waals surface area contributed by atoms with Crippen LogP contribution in [-0.2, 0) is 4.79 Å². The molecule has 0 aromatic carbocycles. The van der Waals surface area contributed by atoms with Gasteiger partial charge in [0, 0.05) is 25.9 Å². The van der Waals surface area contributed by atoms with Gasteiger partial charge in [-0.1, -0.05) is 0 Å². The highest BCUT2D eigenvalue weighted by atomic mass is 16.2. The first-order valence-corrected chi connectivity index (χ1v) is 6.15. The third kappa shape index (κ3) is 2.73. The molecule has 1 aromatic heterocycles. The summed E-state index contributed by atoms with van der Waals surface area (Å²) >= 11 is 0. The van der Waals surface area contributed by atoms with E-state index >= 15 is 0 Å². The van der Waals surface area contributed by atoms with Gasteiger partial charge in [-0.3, -0.25) is 19.5 Å². The van der Waals surface area contributed by atoms with Gasteiger partial charge in [0.25, 0.3) is 5.91 Å². The summed E-state index contributed by atoms with van der Waals surface area (Å²) in [5.41, 5.74) is 0.457. The number of carbonyl (C=O) groups excluding carboxylic acids is 2. The van der Waals surface area contributed by atoms with E-state index in [0.29, 0.717) is 12.1 Å². The second-order valence-electron chi connectivity index (χ2n) is 4.44. The van der Waals surface area contributed by atoms with Gasteiger partial charge in [0.05, 0.1) is 11.6 Å². The summed E-state index contributed by atoms with van der Waals surface area (Å²) in [6.45, 7) is 3.05. The predicted octanol–water partition coefficient (Wildman–Crippen LogP) is 0.822. The fourth-order valence-electron chi connectivity index (χ4n) is 2.25. The zero-order valence-electron chi connectivity index (χ0n) is 10.4. The zero-order valence-corrected chi connectivity index (χ0v) is 10.4. The Morgan fingerprint density at radius 1 is 1.50 bits per heavy atom. The molecule has 2 amide bonds. The van der Waals surface area contributed by atoms with E-state index in [-0.39, 0.29) is 17.9 Å². The molecule has 0 bridgehead atoms. The first-order chi connectivity index (χ1) is 8.70. The fraction of sp³-hybridized carbons (Fsp3) is 0.462. The number of amides is 2. The number of nitrogens with zero attached hydrogens (tertiary/aromatic N) is 2. The number of pyridine rings is 1. The van der Waals surface area contributed by atoms with E-state index in [9.17, 15) is 9.59 Å². The van der Waals surface area contributed by atoms with Crippen LogP contribution in [0.3, 0.4) is 0 Å². The van der Waals surface area contributed by atoms with Crippen molar-refractivity contribution < 1.29 is 9.59 Å². The van der Waals surface area contributed by atoms with Crippen LogP contribution in [0.25, 0.3) is 0 Å². The van der Waals surface area contributed by atoms with Crippen molar-refractivity contribution in [2.24, 2.45) is 0 Å². The highest BCUT2D eigenvalue weighted by molar-refractivity contribution is 6.04. The van der Waals surface area contributed by atoms with Crippen LogP contribution < -0.4 is 5.32 Å². The van der Waals surface area contributed by atoms with Crippen LogP contribution in [0.4, 0.5) is 0 Å². The lowest BCUT2D eigenvalue weighted by Gasteiger charge is -2.32. The normalized spacial score (nSPS) is 19.3. The van der Waals surface area contributed by atoms with Crippen molar-refractivity contribution in [3.05, 3.63) is 30.1 Å². The molecule has 0 aliphatic carbocycles. The van der Waals surface area contributed by atoms with E-state index in [0.717, 1.165) is 19.4 Å². The SMILES string of the molecule is CC(=O)N(C(=O)c1cccnc1)C1CCCNC1. The average Bonchev–Trinajstić information content (AvgIpc) is 2.40. The smallest absolute Gasteiger partial charge is 0.262 e. The molecule has 2 rings (SSSR count). The van der Waals surface area contributed by atoms with Crippen LogP contribution in [0.1, 0.15) is 30.1 Å². The maximum Gasteiger partial charge on any atom is 0.262 e. The van der Waals surface area contributed by atoms with Crippen LogP contribution in [0, 0.1) is 0 Å². The van der Waals surface area contributed by atoms with Gasteiger partial charge < -0.3 is 5.32 Å². The molecule has 0 spiro atoms. The Morgan fingerprint density at radius 2 is 2.33 bits per heavy atom. The average molecular weight is 247 g/mol. The summed E-state index contributed by atoms with van der Waals surface area (Å²) in [4.78, 5) is 29.3. The predicted molar refractivity (Wildman–Crippen MR) is 67.0 cm³/mol. The Balaban J connectivity index is 2.19. The van der Waals surface area contributed by atoms with Crippen molar-refractivity contribution in [2.45, 2.75) is 25.8 Å². The molecular formula is C13H17N3O2. The van der Waals surface area contributed by atoms with E-state index in [1.54, 1.807) is 18.3 Å². The molecule has 0 radical (unpaired) electrons. The molecule has 5 nitrogen and oxygen atoms in total. The maximum absolute atomic E-state index is 12.3. The second-order valence-corrected chi connectivity index (χ2v) is 4.44. The molecule has 1 unspecified atom stereocenters. The van der Waals surface area contributed by atoms with Crippen LogP contribution in [-0.4, -0.2) is 40.8 Å². The summed E-state index contributed by atoms with van der Waals surface area (Å²) in [5, 5.41) is 3.21. The van der Waals surface area contributed by atoms with Gasteiger partial charge in [0.1, 0.15) is 0 Å². The number of piperidine rings is 1. The Labute approximate surface area is 106 Å². The number of hydrogen-bond donors (Lipinski definition) is 1. The first-order valence-electron chi connectivity index (χ1n) is 6.15. The van der Waals surface area contributed by atoms with Crippen LogP contribution >= 0.6 is 0 Å². The lowest BCUT2D eigenvalue weighted by atomic mass is 10.0. The van der Waals surface area contributed by atoms with Gasteiger partial charge in [0.15, 0.2) is 0 Å². The third-order valence-electron chi connectivity index (χ3n) is 3.10. The molecular weight excluding hydrogens is 230 g/mol. The van der Waals surface area contributed by atoms with Crippen molar-refractivity contribution in [3.63, 3.8) is 0 Å². The third-order valence-corrected chi connectivity index (χ3v) is 3.10. The lowest BCUT2D eigenvalue weighted by molar-refractivity contribution is -0.128. The van der Waals surface area contributed by atoms with E-state index in [4.69, 9.17) is 0 Å². The second kappa shape index (κ2) is 5.73.